The molecule has 1 aliphatic heterocycles. The maximum Gasteiger partial charge on any atom is 0.337 e. The van der Waals surface area contributed by atoms with E-state index in [4.69, 9.17) is 10.5 Å². The van der Waals surface area contributed by atoms with Gasteiger partial charge in [-0.1, -0.05) is 32.9 Å². The number of primary amides is 1. The molecule has 0 unspecified atom stereocenters. The molecule has 1 aromatic carbocycles. The summed E-state index contributed by atoms with van der Waals surface area (Å²) in [6.45, 7) is 8.05. The second-order valence-corrected chi connectivity index (χ2v) is 9.13. The number of para-hydroxylation sites is 1. The average Bonchev–Trinajstić information content (AvgIpc) is 2.91. The number of hydrogen-bond acceptors (Lipinski definition) is 5. The molecule has 1 fully saturated rings. The number of carbonyl (C=O) groups is 2. The molecule has 3 rings (SSSR count). The third-order valence-electron chi connectivity index (χ3n) is 5.65. The summed E-state index contributed by atoms with van der Waals surface area (Å²) in [6.07, 6.45) is 0.802. The molecule has 1 saturated heterocycles. The molecule has 1 aliphatic rings. The molecule has 9 nitrogen and oxygen atoms in total. The van der Waals surface area contributed by atoms with E-state index in [-0.39, 0.29) is 6.54 Å². The first-order valence-electron chi connectivity index (χ1n) is 10.1. The number of rotatable bonds is 4. The molecule has 1 aromatic heterocycles. The molecule has 0 bridgehead atoms. The van der Waals surface area contributed by atoms with Gasteiger partial charge in [-0.25, -0.2) is 14.2 Å². The highest BCUT2D eigenvalue weighted by molar-refractivity contribution is 5.93. The number of nitrogens with zero attached hydrogens (tertiary/aromatic N) is 2. The van der Waals surface area contributed by atoms with Crippen molar-refractivity contribution >= 4 is 23.0 Å². The van der Waals surface area contributed by atoms with Crippen molar-refractivity contribution < 1.29 is 19.4 Å². The van der Waals surface area contributed by atoms with Crippen LogP contribution in [0.5, 0.6) is 0 Å². The van der Waals surface area contributed by atoms with Gasteiger partial charge in [0.05, 0.1) is 23.2 Å². The van der Waals surface area contributed by atoms with Crippen molar-refractivity contribution in [3.63, 3.8) is 0 Å². The number of amides is 2. The van der Waals surface area contributed by atoms with E-state index in [0.29, 0.717) is 37.1 Å². The minimum atomic E-state index is -1.10. The lowest BCUT2D eigenvalue weighted by Crippen LogP contribution is -2.54. The van der Waals surface area contributed by atoms with Gasteiger partial charge in [-0.2, -0.15) is 0 Å². The Morgan fingerprint density at radius 3 is 2.50 bits per heavy atom. The molecule has 0 spiro atoms. The predicted octanol–water partition coefficient (Wildman–Crippen LogP) is 1.11. The van der Waals surface area contributed by atoms with Gasteiger partial charge in [-0.3, -0.25) is 9.36 Å². The first-order valence-corrected chi connectivity index (χ1v) is 10.1. The Morgan fingerprint density at radius 1 is 1.30 bits per heavy atom. The zero-order valence-corrected chi connectivity index (χ0v) is 17.9. The largest absolute Gasteiger partial charge is 0.388 e. The van der Waals surface area contributed by atoms with Gasteiger partial charge in [0.25, 0.3) is 0 Å². The second kappa shape index (κ2) is 7.88. The molecule has 0 aliphatic carbocycles. The van der Waals surface area contributed by atoms with Crippen LogP contribution in [0.1, 0.15) is 39.2 Å². The average molecular weight is 418 g/mol. The van der Waals surface area contributed by atoms with Crippen molar-refractivity contribution in [2.24, 2.45) is 11.1 Å². The zero-order chi connectivity index (χ0) is 22.3. The second-order valence-electron chi connectivity index (χ2n) is 9.13. The Labute approximate surface area is 174 Å². The SMILES string of the molecule is Cc1cccc2c1n(CC1(O)CCOCC1)c(=O)n2C(=O)N[C@H](C(N)=O)C(C)(C)C. The standard InChI is InChI=1S/C21H30N4O5/c1-13-6-5-7-14-15(13)24(12-21(29)8-10-30-11-9-21)19(28)25(14)18(27)23-16(17(22)26)20(2,3)4/h5-7,16,29H,8-12H2,1-4H3,(H2,22,26)(H,23,27)/t16-/m1/s1. The molecule has 2 heterocycles. The Morgan fingerprint density at radius 2 is 1.93 bits per heavy atom. The van der Waals surface area contributed by atoms with E-state index in [1.165, 1.54) is 4.57 Å². The van der Waals surface area contributed by atoms with E-state index in [0.717, 1.165) is 10.1 Å². The molecule has 2 amide bonds. The van der Waals surface area contributed by atoms with Gasteiger partial charge < -0.3 is 20.9 Å². The summed E-state index contributed by atoms with van der Waals surface area (Å²) in [7, 11) is 0. The van der Waals surface area contributed by atoms with Crippen molar-refractivity contribution in [1.29, 1.82) is 0 Å². The molecule has 1 atom stereocenters. The molecular formula is C21H30N4O5. The van der Waals surface area contributed by atoms with E-state index in [9.17, 15) is 19.5 Å². The maximum absolute atomic E-state index is 13.3. The topological polar surface area (TPSA) is 129 Å². The Hall–Kier alpha value is -2.65. The van der Waals surface area contributed by atoms with Gasteiger partial charge in [0, 0.05) is 26.1 Å². The summed E-state index contributed by atoms with van der Waals surface area (Å²) in [5, 5.41) is 13.6. The monoisotopic (exact) mass is 418 g/mol. The molecule has 9 heteroatoms. The minimum absolute atomic E-state index is 0.0509. The summed E-state index contributed by atoms with van der Waals surface area (Å²) in [4.78, 5) is 38.3. The highest BCUT2D eigenvalue weighted by atomic mass is 16.5. The molecule has 164 valence electrons. The van der Waals surface area contributed by atoms with Gasteiger partial charge >= 0.3 is 11.7 Å². The third kappa shape index (κ3) is 4.13. The van der Waals surface area contributed by atoms with Crippen molar-refractivity contribution in [2.45, 2.75) is 58.7 Å². The number of aryl methyl sites for hydroxylation is 1. The van der Waals surface area contributed by atoms with Gasteiger partial charge in [0.15, 0.2) is 0 Å². The van der Waals surface area contributed by atoms with Crippen LogP contribution in [-0.4, -0.2) is 51.0 Å². The number of aromatic nitrogens is 2. The first kappa shape index (κ1) is 22.0. The zero-order valence-electron chi connectivity index (χ0n) is 17.9. The lowest BCUT2D eigenvalue weighted by Gasteiger charge is -2.32. The molecule has 4 N–H and O–H groups in total. The van der Waals surface area contributed by atoms with E-state index < -0.39 is 34.7 Å². The van der Waals surface area contributed by atoms with E-state index in [1.54, 1.807) is 32.9 Å². The van der Waals surface area contributed by atoms with Crippen molar-refractivity contribution in [1.82, 2.24) is 14.5 Å². The molecule has 0 saturated carbocycles. The Bertz CT molecular complexity index is 1020. The summed E-state index contributed by atoms with van der Waals surface area (Å²) < 4.78 is 7.77. The normalized spacial score (nSPS) is 17.6. The fourth-order valence-electron chi connectivity index (χ4n) is 3.94. The predicted molar refractivity (Wildman–Crippen MR) is 112 cm³/mol. The summed E-state index contributed by atoms with van der Waals surface area (Å²) in [5.41, 5.74) is 4.96. The Balaban J connectivity index is 2.09. The summed E-state index contributed by atoms with van der Waals surface area (Å²) in [5.74, 6) is -0.680. The van der Waals surface area contributed by atoms with E-state index >= 15 is 0 Å². The number of carbonyl (C=O) groups excluding carboxylic acids is 2. The highest BCUT2D eigenvalue weighted by Gasteiger charge is 2.35. The lowest BCUT2D eigenvalue weighted by molar-refractivity contribution is -0.122. The Kier molecular flexibility index (Phi) is 5.79. The maximum atomic E-state index is 13.3. The van der Waals surface area contributed by atoms with Gasteiger partial charge in [-0.15, -0.1) is 0 Å². The van der Waals surface area contributed by atoms with Crippen LogP contribution in [-0.2, 0) is 16.1 Å². The molecular weight excluding hydrogens is 388 g/mol. The van der Waals surface area contributed by atoms with Crippen molar-refractivity contribution in [3.8, 4) is 0 Å². The summed E-state index contributed by atoms with van der Waals surface area (Å²) in [6, 6.07) is 3.58. The first-order chi connectivity index (χ1) is 13.9. The van der Waals surface area contributed by atoms with Crippen molar-refractivity contribution in [2.75, 3.05) is 13.2 Å². The van der Waals surface area contributed by atoms with Crippen LogP contribution in [0.2, 0.25) is 0 Å². The minimum Gasteiger partial charge on any atom is -0.388 e. The fourth-order valence-corrected chi connectivity index (χ4v) is 3.94. The van der Waals surface area contributed by atoms with Crippen LogP contribution in [0.15, 0.2) is 23.0 Å². The quantitative estimate of drug-likeness (QED) is 0.685. The van der Waals surface area contributed by atoms with Crippen LogP contribution in [0.4, 0.5) is 4.79 Å². The van der Waals surface area contributed by atoms with E-state index in [2.05, 4.69) is 5.32 Å². The van der Waals surface area contributed by atoms with Crippen LogP contribution < -0.4 is 16.7 Å². The number of nitrogens with two attached hydrogens (primary N) is 1. The number of aliphatic hydroxyl groups is 1. The van der Waals surface area contributed by atoms with Gasteiger partial charge in [-0.05, 0) is 24.0 Å². The number of fused-ring (bicyclic) bond motifs is 1. The van der Waals surface area contributed by atoms with Crippen LogP contribution in [0, 0.1) is 12.3 Å². The number of hydrogen-bond donors (Lipinski definition) is 3. The van der Waals surface area contributed by atoms with Crippen molar-refractivity contribution in [3.05, 3.63) is 34.2 Å². The van der Waals surface area contributed by atoms with E-state index in [1.807, 2.05) is 13.0 Å². The summed E-state index contributed by atoms with van der Waals surface area (Å²) >= 11 is 0. The highest BCUT2D eigenvalue weighted by Crippen LogP contribution is 2.26. The smallest absolute Gasteiger partial charge is 0.337 e. The molecule has 2 aromatic rings. The number of imidazole rings is 1. The lowest BCUT2D eigenvalue weighted by atomic mass is 9.86. The third-order valence-corrected chi connectivity index (χ3v) is 5.65. The number of benzene rings is 1. The van der Waals surface area contributed by atoms with Crippen LogP contribution in [0.3, 0.4) is 0 Å². The molecule has 0 radical (unpaired) electrons. The number of nitrogens with one attached hydrogen (secondary N) is 1. The van der Waals surface area contributed by atoms with Crippen LogP contribution in [0.25, 0.3) is 11.0 Å². The fraction of sp³-hybridized carbons (Fsp3) is 0.571. The van der Waals surface area contributed by atoms with Crippen LogP contribution >= 0.6 is 0 Å². The van der Waals surface area contributed by atoms with Gasteiger partial charge in [0.2, 0.25) is 5.91 Å². The van der Waals surface area contributed by atoms with Gasteiger partial charge in [0.1, 0.15) is 6.04 Å². The molecule has 30 heavy (non-hydrogen) atoms. The number of ether oxygens (including phenoxy) is 1.